The Morgan fingerprint density at radius 1 is 1.10 bits per heavy atom. The summed E-state index contributed by atoms with van der Waals surface area (Å²) >= 11 is 0. The molecule has 1 amide bonds. The SMILES string of the molecule is C[C@H]1C[C@@H](NC(=O)c2ccc3[nH]nc(-c4ccc5nn(C)cc5c4)c3c2)[C@@H](C)N(Cc2c(F)cccc2F)C1. The second-order valence-corrected chi connectivity index (χ2v) is 10.7. The molecule has 1 fully saturated rings. The zero-order chi connectivity index (χ0) is 27.3. The van der Waals surface area contributed by atoms with E-state index in [1.807, 2.05) is 55.4 Å². The molecular weight excluding hydrogens is 498 g/mol. The van der Waals surface area contributed by atoms with Crippen LogP contribution >= 0.6 is 0 Å². The Morgan fingerprint density at radius 2 is 1.90 bits per heavy atom. The van der Waals surface area contributed by atoms with Gasteiger partial charge in [0.05, 0.1) is 16.7 Å². The summed E-state index contributed by atoms with van der Waals surface area (Å²) in [4.78, 5) is 15.5. The number of aryl methyl sites for hydroxylation is 1. The van der Waals surface area contributed by atoms with Crippen LogP contribution in [0, 0.1) is 17.6 Å². The molecule has 3 atom stereocenters. The molecule has 6 rings (SSSR count). The lowest BCUT2D eigenvalue weighted by Crippen LogP contribution is -2.55. The highest BCUT2D eigenvalue weighted by molar-refractivity contribution is 6.02. The van der Waals surface area contributed by atoms with Crippen LogP contribution in [0.3, 0.4) is 0 Å². The number of aromatic amines is 1. The standard InChI is InChI=1S/C30H30F2N6O/c1-17-11-28(18(2)38(14-17)16-23-24(31)5-4-6-25(23)32)33-30(39)20-8-10-27-22(13-20)29(35-34-27)19-7-9-26-21(12-19)15-37(3)36-26/h4-10,12-13,15,17-18,28H,11,14,16H2,1-3H3,(H,33,39)(H,34,35)/t17-,18+,28+/m0/s1. The second-order valence-electron chi connectivity index (χ2n) is 10.7. The van der Waals surface area contributed by atoms with E-state index >= 15 is 0 Å². The minimum Gasteiger partial charge on any atom is -0.348 e. The van der Waals surface area contributed by atoms with E-state index in [0.717, 1.165) is 39.5 Å². The number of amides is 1. The summed E-state index contributed by atoms with van der Waals surface area (Å²) in [7, 11) is 1.89. The van der Waals surface area contributed by atoms with E-state index in [1.54, 1.807) is 10.7 Å². The molecule has 200 valence electrons. The Kier molecular flexibility index (Phi) is 6.38. The molecule has 1 saturated heterocycles. The van der Waals surface area contributed by atoms with Gasteiger partial charge in [0.2, 0.25) is 0 Å². The predicted molar refractivity (Wildman–Crippen MR) is 147 cm³/mol. The summed E-state index contributed by atoms with van der Waals surface area (Å²) in [6, 6.07) is 15.2. The average Bonchev–Trinajstić information content (AvgIpc) is 3.50. The summed E-state index contributed by atoms with van der Waals surface area (Å²) in [5.74, 6) is -1.03. The lowest BCUT2D eigenvalue weighted by molar-refractivity contribution is 0.0683. The summed E-state index contributed by atoms with van der Waals surface area (Å²) in [5.41, 5.74) is 4.04. The number of carbonyl (C=O) groups excluding carboxylic acids is 1. The normalized spacial score (nSPS) is 20.1. The first kappa shape index (κ1) is 25.2. The number of hydrogen-bond acceptors (Lipinski definition) is 4. The van der Waals surface area contributed by atoms with Crippen LogP contribution in [0.4, 0.5) is 8.78 Å². The summed E-state index contributed by atoms with van der Waals surface area (Å²) in [6.45, 7) is 4.95. The highest BCUT2D eigenvalue weighted by atomic mass is 19.1. The van der Waals surface area contributed by atoms with Crippen molar-refractivity contribution in [1.29, 1.82) is 0 Å². The highest BCUT2D eigenvalue weighted by Crippen LogP contribution is 2.30. The average molecular weight is 529 g/mol. The van der Waals surface area contributed by atoms with E-state index in [4.69, 9.17) is 0 Å². The quantitative estimate of drug-likeness (QED) is 0.319. The van der Waals surface area contributed by atoms with E-state index in [9.17, 15) is 13.6 Å². The van der Waals surface area contributed by atoms with E-state index < -0.39 is 11.6 Å². The minimum atomic E-state index is -0.548. The maximum absolute atomic E-state index is 14.3. The molecule has 2 aromatic heterocycles. The van der Waals surface area contributed by atoms with Crippen LogP contribution in [-0.2, 0) is 13.6 Å². The largest absolute Gasteiger partial charge is 0.348 e. The maximum Gasteiger partial charge on any atom is 0.251 e. The van der Waals surface area contributed by atoms with Crippen molar-refractivity contribution in [3.05, 3.63) is 83.6 Å². The summed E-state index contributed by atoms with van der Waals surface area (Å²) < 4.78 is 30.5. The van der Waals surface area contributed by atoms with Crippen LogP contribution < -0.4 is 5.32 Å². The van der Waals surface area contributed by atoms with Gasteiger partial charge in [-0.25, -0.2) is 8.78 Å². The van der Waals surface area contributed by atoms with Crippen LogP contribution in [0.5, 0.6) is 0 Å². The third-order valence-corrected chi connectivity index (χ3v) is 7.82. The predicted octanol–water partition coefficient (Wildman–Crippen LogP) is 5.42. The molecule has 0 unspecified atom stereocenters. The third-order valence-electron chi connectivity index (χ3n) is 7.82. The second kappa shape index (κ2) is 9.89. The van der Waals surface area contributed by atoms with Gasteiger partial charge in [-0.3, -0.25) is 19.5 Å². The molecule has 3 aromatic carbocycles. The van der Waals surface area contributed by atoms with E-state index in [1.165, 1.54) is 18.2 Å². The van der Waals surface area contributed by atoms with Gasteiger partial charge in [0.15, 0.2) is 0 Å². The smallest absolute Gasteiger partial charge is 0.251 e. The molecule has 5 aromatic rings. The molecule has 2 N–H and O–H groups in total. The molecule has 3 heterocycles. The first-order chi connectivity index (χ1) is 18.8. The van der Waals surface area contributed by atoms with E-state index in [-0.39, 0.29) is 36.0 Å². The van der Waals surface area contributed by atoms with Crippen molar-refractivity contribution in [2.45, 2.75) is 38.9 Å². The minimum absolute atomic E-state index is 0.0611. The number of piperidine rings is 1. The van der Waals surface area contributed by atoms with Gasteiger partial charge in [0, 0.05) is 65.9 Å². The Labute approximate surface area is 224 Å². The number of nitrogens with one attached hydrogen (secondary N) is 2. The summed E-state index contributed by atoms with van der Waals surface area (Å²) in [5, 5.41) is 17.1. The zero-order valence-corrected chi connectivity index (χ0v) is 22.1. The molecule has 1 aliphatic rings. The zero-order valence-electron chi connectivity index (χ0n) is 22.1. The number of aromatic nitrogens is 4. The lowest BCUT2D eigenvalue weighted by Gasteiger charge is -2.42. The number of carbonyl (C=O) groups is 1. The molecule has 9 heteroatoms. The van der Waals surface area contributed by atoms with Crippen molar-refractivity contribution in [3.8, 4) is 11.3 Å². The Bertz CT molecular complexity index is 1670. The number of nitrogens with zero attached hydrogens (tertiary/aromatic N) is 4. The molecule has 7 nitrogen and oxygen atoms in total. The van der Waals surface area contributed by atoms with Gasteiger partial charge in [0.25, 0.3) is 5.91 Å². The number of hydrogen-bond donors (Lipinski definition) is 2. The Balaban J connectivity index is 1.24. The van der Waals surface area contributed by atoms with Crippen molar-refractivity contribution < 1.29 is 13.6 Å². The van der Waals surface area contributed by atoms with Crippen LogP contribution in [0.15, 0.2) is 60.8 Å². The lowest BCUT2D eigenvalue weighted by atomic mass is 9.89. The molecule has 0 bridgehead atoms. The first-order valence-corrected chi connectivity index (χ1v) is 13.2. The number of fused-ring (bicyclic) bond motifs is 2. The fraction of sp³-hybridized carbons (Fsp3) is 0.300. The van der Waals surface area contributed by atoms with Crippen molar-refractivity contribution in [1.82, 2.24) is 30.2 Å². The molecule has 0 saturated carbocycles. The van der Waals surface area contributed by atoms with Gasteiger partial charge >= 0.3 is 0 Å². The summed E-state index contributed by atoms with van der Waals surface area (Å²) in [6.07, 6.45) is 2.75. The van der Waals surface area contributed by atoms with Crippen LogP contribution in [-0.4, -0.2) is 49.4 Å². The van der Waals surface area contributed by atoms with Crippen LogP contribution in [0.2, 0.25) is 0 Å². The number of H-pyrrole nitrogens is 1. The van der Waals surface area contributed by atoms with E-state index in [2.05, 4.69) is 27.5 Å². The maximum atomic E-state index is 14.3. The number of halogens is 2. The van der Waals surface area contributed by atoms with Gasteiger partial charge in [-0.1, -0.05) is 19.1 Å². The molecule has 0 radical (unpaired) electrons. The fourth-order valence-corrected chi connectivity index (χ4v) is 5.72. The van der Waals surface area contributed by atoms with Gasteiger partial charge in [-0.05, 0) is 61.7 Å². The van der Waals surface area contributed by atoms with Crippen molar-refractivity contribution in [2.75, 3.05) is 6.54 Å². The Hall–Kier alpha value is -4.11. The van der Waals surface area contributed by atoms with Gasteiger partial charge in [-0.15, -0.1) is 0 Å². The van der Waals surface area contributed by atoms with Crippen molar-refractivity contribution in [3.63, 3.8) is 0 Å². The highest BCUT2D eigenvalue weighted by Gasteiger charge is 2.33. The number of likely N-dealkylation sites (tertiary alicyclic amines) is 1. The topological polar surface area (TPSA) is 78.8 Å². The fourth-order valence-electron chi connectivity index (χ4n) is 5.72. The third kappa shape index (κ3) is 4.78. The van der Waals surface area contributed by atoms with E-state index in [0.29, 0.717) is 12.1 Å². The molecule has 0 aliphatic carbocycles. The van der Waals surface area contributed by atoms with Gasteiger partial charge < -0.3 is 5.32 Å². The van der Waals surface area contributed by atoms with Gasteiger partial charge in [-0.2, -0.15) is 10.2 Å². The molecular formula is C30H30F2N6O. The number of benzene rings is 3. The van der Waals surface area contributed by atoms with Crippen molar-refractivity contribution >= 4 is 27.7 Å². The monoisotopic (exact) mass is 528 g/mol. The van der Waals surface area contributed by atoms with Gasteiger partial charge in [0.1, 0.15) is 11.6 Å². The van der Waals surface area contributed by atoms with Crippen molar-refractivity contribution in [2.24, 2.45) is 13.0 Å². The van der Waals surface area contributed by atoms with Crippen LogP contribution in [0.25, 0.3) is 33.1 Å². The molecule has 39 heavy (non-hydrogen) atoms. The first-order valence-electron chi connectivity index (χ1n) is 13.2. The number of rotatable bonds is 5. The molecule has 0 spiro atoms. The van der Waals surface area contributed by atoms with Crippen LogP contribution in [0.1, 0.15) is 36.2 Å². The Morgan fingerprint density at radius 3 is 2.69 bits per heavy atom. The molecule has 1 aliphatic heterocycles.